The van der Waals surface area contributed by atoms with E-state index in [1.54, 1.807) is 32.0 Å². The maximum Gasteiger partial charge on any atom is 0.258 e. The number of carbonyl (C=O) groups excluding carboxylic acids is 1. The second kappa shape index (κ2) is 6.41. The summed E-state index contributed by atoms with van der Waals surface area (Å²) in [7, 11) is 0. The van der Waals surface area contributed by atoms with Crippen molar-refractivity contribution in [2.75, 3.05) is 13.2 Å². The van der Waals surface area contributed by atoms with Crippen LogP contribution in [-0.2, 0) is 4.79 Å². The lowest BCUT2D eigenvalue weighted by Gasteiger charge is -2.23. The minimum absolute atomic E-state index is 0.121. The predicted molar refractivity (Wildman–Crippen MR) is 74.0 cm³/mol. The molecule has 0 saturated heterocycles. The largest absolute Gasteiger partial charge is 0.483 e. The van der Waals surface area contributed by atoms with Gasteiger partial charge in [0.25, 0.3) is 5.91 Å². The van der Waals surface area contributed by atoms with E-state index in [1.807, 2.05) is 0 Å². The molecule has 4 nitrogen and oxygen atoms in total. The Labute approximate surface area is 119 Å². The molecule has 0 aliphatic carbocycles. The van der Waals surface area contributed by atoms with Crippen molar-refractivity contribution in [3.63, 3.8) is 0 Å². The molecule has 0 bridgehead atoms. The zero-order valence-electron chi connectivity index (χ0n) is 10.2. The van der Waals surface area contributed by atoms with Gasteiger partial charge in [-0.2, -0.15) is 0 Å². The molecule has 0 aliphatic rings. The van der Waals surface area contributed by atoms with Crippen LogP contribution in [0.5, 0.6) is 5.75 Å². The Hall–Kier alpha value is -0.780. The van der Waals surface area contributed by atoms with Gasteiger partial charge in [-0.15, -0.1) is 0 Å². The molecule has 1 amide bonds. The monoisotopic (exact) mass is 335 g/mol. The van der Waals surface area contributed by atoms with Crippen LogP contribution in [0.3, 0.4) is 0 Å². The molecule has 0 heterocycles. The van der Waals surface area contributed by atoms with Gasteiger partial charge in [-0.05, 0) is 48.0 Å². The van der Waals surface area contributed by atoms with Crippen LogP contribution >= 0.6 is 27.5 Å². The number of nitrogens with one attached hydrogen (secondary N) is 1. The van der Waals surface area contributed by atoms with E-state index < -0.39 is 5.54 Å². The molecule has 0 spiro atoms. The highest BCUT2D eigenvalue weighted by molar-refractivity contribution is 9.10. The molecule has 0 atom stereocenters. The van der Waals surface area contributed by atoms with E-state index >= 15 is 0 Å². The van der Waals surface area contributed by atoms with Crippen LogP contribution in [0.2, 0.25) is 5.02 Å². The summed E-state index contributed by atoms with van der Waals surface area (Å²) >= 11 is 9.08. The van der Waals surface area contributed by atoms with Gasteiger partial charge in [-0.25, -0.2) is 0 Å². The summed E-state index contributed by atoms with van der Waals surface area (Å²) < 4.78 is 6.03. The van der Waals surface area contributed by atoms with Crippen LogP contribution in [-0.4, -0.2) is 29.8 Å². The first kappa shape index (κ1) is 15.3. The molecule has 0 aromatic heterocycles. The summed E-state index contributed by atoms with van der Waals surface area (Å²) in [6.07, 6.45) is 0. The summed E-state index contributed by atoms with van der Waals surface area (Å²) in [6.45, 7) is 3.19. The minimum atomic E-state index is -0.655. The number of halogens is 2. The topological polar surface area (TPSA) is 58.6 Å². The highest BCUT2D eigenvalue weighted by Gasteiger charge is 2.19. The SMILES string of the molecule is CC(C)(CO)NC(=O)COc1ccc(Cl)cc1Br. The Bertz CT molecular complexity index is 437. The number of aliphatic hydroxyl groups excluding tert-OH is 1. The van der Waals surface area contributed by atoms with E-state index in [2.05, 4.69) is 21.2 Å². The first-order valence-electron chi connectivity index (χ1n) is 5.34. The van der Waals surface area contributed by atoms with Gasteiger partial charge < -0.3 is 15.2 Å². The third-order valence-electron chi connectivity index (χ3n) is 2.13. The molecule has 0 fully saturated rings. The predicted octanol–water partition coefficient (Wildman–Crippen LogP) is 2.37. The Morgan fingerprint density at radius 2 is 2.22 bits per heavy atom. The van der Waals surface area contributed by atoms with Crippen LogP contribution in [0.15, 0.2) is 22.7 Å². The highest BCUT2D eigenvalue weighted by atomic mass is 79.9. The van der Waals surface area contributed by atoms with Crippen molar-refractivity contribution >= 4 is 33.4 Å². The maximum atomic E-state index is 11.6. The fraction of sp³-hybridized carbons (Fsp3) is 0.417. The molecular weight excluding hydrogens is 321 g/mol. The molecule has 0 unspecified atom stereocenters. The lowest BCUT2D eigenvalue weighted by atomic mass is 10.1. The quantitative estimate of drug-likeness (QED) is 0.868. The Balaban J connectivity index is 2.53. The van der Waals surface area contributed by atoms with E-state index in [4.69, 9.17) is 21.4 Å². The summed E-state index contributed by atoms with van der Waals surface area (Å²) in [4.78, 5) is 11.6. The van der Waals surface area contributed by atoms with Crippen molar-refractivity contribution in [2.45, 2.75) is 19.4 Å². The van der Waals surface area contributed by atoms with E-state index in [1.165, 1.54) is 0 Å². The fourth-order valence-corrected chi connectivity index (χ4v) is 1.99. The van der Waals surface area contributed by atoms with Crippen molar-refractivity contribution in [2.24, 2.45) is 0 Å². The number of amides is 1. The summed E-state index contributed by atoms with van der Waals surface area (Å²) in [5, 5.41) is 12.3. The van der Waals surface area contributed by atoms with Crippen LogP contribution in [0.1, 0.15) is 13.8 Å². The van der Waals surface area contributed by atoms with E-state index in [0.29, 0.717) is 15.2 Å². The molecule has 18 heavy (non-hydrogen) atoms. The molecular formula is C12H15BrClNO3. The minimum Gasteiger partial charge on any atom is -0.483 e. The number of aliphatic hydroxyl groups is 1. The van der Waals surface area contributed by atoms with Gasteiger partial charge in [0, 0.05) is 5.02 Å². The van der Waals surface area contributed by atoms with Gasteiger partial charge in [0.05, 0.1) is 16.6 Å². The van der Waals surface area contributed by atoms with Gasteiger partial charge in [0.2, 0.25) is 0 Å². The maximum absolute atomic E-state index is 11.6. The third-order valence-corrected chi connectivity index (χ3v) is 2.98. The van der Waals surface area contributed by atoms with Gasteiger partial charge in [-0.1, -0.05) is 11.6 Å². The number of ether oxygens (including phenoxy) is 1. The molecule has 1 aromatic rings. The first-order chi connectivity index (χ1) is 8.34. The van der Waals surface area contributed by atoms with Crippen LogP contribution in [0.4, 0.5) is 0 Å². The number of benzene rings is 1. The molecule has 1 aromatic carbocycles. The van der Waals surface area contributed by atoms with E-state index in [0.717, 1.165) is 0 Å². The second-order valence-electron chi connectivity index (χ2n) is 4.45. The van der Waals surface area contributed by atoms with Crippen molar-refractivity contribution in [3.05, 3.63) is 27.7 Å². The van der Waals surface area contributed by atoms with Crippen LogP contribution < -0.4 is 10.1 Å². The number of carbonyl (C=O) groups is 1. The molecule has 2 N–H and O–H groups in total. The fourth-order valence-electron chi connectivity index (χ4n) is 1.19. The summed E-state index contributed by atoms with van der Waals surface area (Å²) in [5.41, 5.74) is -0.655. The second-order valence-corrected chi connectivity index (χ2v) is 5.74. The Morgan fingerprint density at radius 1 is 1.56 bits per heavy atom. The lowest BCUT2D eigenvalue weighted by Crippen LogP contribution is -2.48. The van der Waals surface area contributed by atoms with Crippen molar-refractivity contribution in [3.8, 4) is 5.75 Å². The smallest absolute Gasteiger partial charge is 0.258 e. The van der Waals surface area contributed by atoms with Crippen molar-refractivity contribution < 1.29 is 14.6 Å². The first-order valence-corrected chi connectivity index (χ1v) is 6.51. The molecule has 0 aliphatic heterocycles. The average molecular weight is 337 g/mol. The third kappa shape index (κ3) is 4.84. The van der Waals surface area contributed by atoms with Crippen LogP contribution in [0.25, 0.3) is 0 Å². The summed E-state index contributed by atoms with van der Waals surface area (Å²) in [6, 6.07) is 5.04. The van der Waals surface area contributed by atoms with E-state index in [9.17, 15) is 4.79 Å². The number of hydrogen-bond acceptors (Lipinski definition) is 3. The number of rotatable bonds is 5. The highest BCUT2D eigenvalue weighted by Crippen LogP contribution is 2.27. The lowest BCUT2D eigenvalue weighted by molar-refractivity contribution is -0.125. The molecule has 0 saturated carbocycles. The molecule has 6 heteroatoms. The van der Waals surface area contributed by atoms with E-state index in [-0.39, 0.29) is 19.1 Å². The number of hydrogen-bond donors (Lipinski definition) is 2. The van der Waals surface area contributed by atoms with Crippen molar-refractivity contribution in [1.82, 2.24) is 5.32 Å². The molecule has 0 radical (unpaired) electrons. The Morgan fingerprint density at radius 3 is 2.78 bits per heavy atom. The van der Waals surface area contributed by atoms with Crippen LogP contribution in [0, 0.1) is 0 Å². The zero-order chi connectivity index (χ0) is 13.8. The van der Waals surface area contributed by atoms with Gasteiger partial charge >= 0.3 is 0 Å². The van der Waals surface area contributed by atoms with Gasteiger partial charge in [0.1, 0.15) is 5.75 Å². The standard InChI is InChI=1S/C12H15BrClNO3/c1-12(2,7-16)15-11(17)6-18-10-4-3-8(14)5-9(10)13/h3-5,16H,6-7H2,1-2H3,(H,15,17). The average Bonchev–Trinajstić information content (AvgIpc) is 2.27. The molecule has 100 valence electrons. The Kier molecular flexibility index (Phi) is 5.44. The zero-order valence-corrected chi connectivity index (χ0v) is 12.5. The van der Waals surface area contributed by atoms with Gasteiger partial charge in [0.15, 0.2) is 6.61 Å². The summed E-state index contributed by atoms with van der Waals surface area (Å²) in [5.74, 6) is 0.243. The van der Waals surface area contributed by atoms with Crippen molar-refractivity contribution in [1.29, 1.82) is 0 Å². The normalized spacial score (nSPS) is 11.2. The molecule has 1 rings (SSSR count). The van der Waals surface area contributed by atoms with Gasteiger partial charge in [-0.3, -0.25) is 4.79 Å².